The summed E-state index contributed by atoms with van der Waals surface area (Å²) in [6.45, 7) is 6.88. The van der Waals surface area contributed by atoms with Crippen molar-refractivity contribution in [3.05, 3.63) is 29.8 Å². The van der Waals surface area contributed by atoms with Crippen molar-refractivity contribution in [1.82, 2.24) is 14.5 Å². The molecule has 3 aliphatic heterocycles. The SMILES string of the molecule is CC1CCN(S(=O)(=O)c2ccc(C(=O)N3C[C@H]4CNC[C@H]4C3)cc2)CC1. The molecule has 3 fully saturated rings. The molecular formula is C19H27N3O3S. The lowest BCUT2D eigenvalue weighted by Gasteiger charge is -2.29. The predicted octanol–water partition coefficient (Wildman–Crippen LogP) is 1.40. The van der Waals surface area contributed by atoms with Gasteiger partial charge in [-0.3, -0.25) is 4.79 Å². The maximum absolute atomic E-state index is 12.8. The van der Waals surface area contributed by atoms with E-state index in [0.29, 0.717) is 36.4 Å². The minimum atomic E-state index is -3.46. The van der Waals surface area contributed by atoms with Gasteiger partial charge in [0.1, 0.15) is 0 Å². The Balaban J connectivity index is 1.45. The van der Waals surface area contributed by atoms with Gasteiger partial charge in [0, 0.05) is 44.8 Å². The number of piperidine rings is 1. The third-order valence-corrected chi connectivity index (χ3v) is 8.07. The lowest BCUT2D eigenvalue weighted by atomic mass is 10.0. The van der Waals surface area contributed by atoms with Crippen molar-refractivity contribution in [2.75, 3.05) is 39.3 Å². The fourth-order valence-corrected chi connectivity index (χ4v) is 5.82. The van der Waals surface area contributed by atoms with E-state index in [-0.39, 0.29) is 10.8 Å². The van der Waals surface area contributed by atoms with Crippen LogP contribution in [0.4, 0.5) is 0 Å². The van der Waals surface area contributed by atoms with Crippen LogP contribution in [0.5, 0.6) is 0 Å². The molecule has 0 spiro atoms. The van der Waals surface area contributed by atoms with Gasteiger partial charge in [-0.05, 0) is 54.9 Å². The van der Waals surface area contributed by atoms with E-state index in [0.717, 1.165) is 39.0 Å². The molecule has 4 rings (SSSR count). The number of fused-ring (bicyclic) bond motifs is 1. The molecule has 0 aromatic heterocycles. The van der Waals surface area contributed by atoms with Crippen molar-refractivity contribution in [2.24, 2.45) is 17.8 Å². The van der Waals surface area contributed by atoms with Crippen LogP contribution >= 0.6 is 0 Å². The highest BCUT2D eigenvalue weighted by atomic mass is 32.2. The Morgan fingerprint density at radius 3 is 2.19 bits per heavy atom. The van der Waals surface area contributed by atoms with E-state index >= 15 is 0 Å². The maximum atomic E-state index is 12.8. The highest BCUT2D eigenvalue weighted by Gasteiger charge is 2.38. The Hall–Kier alpha value is -1.44. The number of carbonyl (C=O) groups excluding carboxylic acids is 1. The molecule has 26 heavy (non-hydrogen) atoms. The van der Waals surface area contributed by atoms with Gasteiger partial charge in [-0.2, -0.15) is 4.31 Å². The van der Waals surface area contributed by atoms with E-state index in [2.05, 4.69) is 12.2 Å². The van der Waals surface area contributed by atoms with Crippen molar-refractivity contribution in [2.45, 2.75) is 24.7 Å². The minimum Gasteiger partial charge on any atom is -0.338 e. The zero-order chi connectivity index (χ0) is 18.3. The van der Waals surface area contributed by atoms with Crippen LogP contribution < -0.4 is 5.32 Å². The van der Waals surface area contributed by atoms with Gasteiger partial charge in [0.15, 0.2) is 0 Å². The highest BCUT2D eigenvalue weighted by Crippen LogP contribution is 2.28. The zero-order valence-corrected chi connectivity index (χ0v) is 16.0. The molecule has 0 saturated carbocycles. The first-order chi connectivity index (χ1) is 12.4. The Morgan fingerprint density at radius 1 is 1.04 bits per heavy atom. The fourth-order valence-electron chi connectivity index (χ4n) is 4.35. The molecule has 0 radical (unpaired) electrons. The number of benzene rings is 1. The van der Waals surface area contributed by atoms with Crippen molar-refractivity contribution in [3.8, 4) is 0 Å². The normalized spacial score (nSPS) is 27.7. The number of nitrogens with zero attached hydrogens (tertiary/aromatic N) is 2. The summed E-state index contributed by atoms with van der Waals surface area (Å²) in [5, 5.41) is 3.37. The Kier molecular flexibility index (Phi) is 4.79. The first-order valence-corrected chi connectivity index (χ1v) is 11.0. The van der Waals surface area contributed by atoms with E-state index in [1.54, 1.807) is 28.6 Å². The van der Waals surface area contributed by atoms with Gasteiger partial charge < -0.3 is 10.2 Å². The van der Waals surface area contributed by atoms with E-state index in [1.165, 1.54) is 0 Å². The summed E-state index contributed by atoms with van der Waals surface area (Å²) < 4.78 is 27.1. The average molecular weight is 378 g/mol. The maximum Gasteiger partial charge on any atom is 0.253 e. The van der Waals surface area contributed by atoms with Crippen LogP contribution in [0.3, 0.4) is 0 Å². The fraction of sp³-hybridized carbons (Fsp3) is 0.632. The smallest absolute Gasteiger partial charge is 0.253 e. The molecule has 3 saturated heterocycles. The predicted molar refractivity (Wildman–Crippen MR) is 99.4 cm³/mol. The van der Waals surface area contributed by atoms with E-state index in [4.69, 9.17) is 0 Å². The summed E-state index contributed by atoms with van der Waals surface area (Å²) >= 11 is 0. The van der Waals surface area contributed by atoms with Crippen molar-refractivity contribution < 1.29 is 13.2 Å². The molecule has 1 aromatic rings. The summed E-state index contributed by atoms with van der Waals surface area (Å²) in [5.41, 5.74) is 0.573. The molecule has 1 N–H and O–H groups in total. The molecule has 1 aromatic carbocycles. The van der Waals surface area contributed by atoms with Crippen molar-refractivity contribution in [1.29, 1.82) is 0 Å². The van der Waals surface area contributed by atoms with Gasteiger partial charge in [-0.1, -0.05) is 6.92 Å². The minimum absolute atomic E-state index is 0.00939. The largest absolute Gasteiger partial charge is 0.338 e. The molecule has 2 atom stereocenters. The number of rotatable bonds is 3. The topological polar surface area (TPSA) is 69.7 Å². The third-order valence-electron chi connectivity index (χ3n) is 6.16. The average Bonchev–Trinajstić information content (AvgIpc) is 3.23. The van der Waals surface area contributed by atoms with E-state index in [1.807, 2.05) is 4.90 Å². The molecule has 3 aliphatic rings. The molecule has 0 unspecified atom stereocenters. The quantitative estimate of drug-likeness (QED) is 0.864. The molecule has 0 bridgehead atoms. The second-order valence-electron chi connectivity index (χ2n) is 8.00. The summed E-state index contributed by atoms with van der Waals surface area (Å²) in [6.07, 6.45) is 1.81. The van der Waals surface area contributed by atoms with Gasteiger partial charge in [-0.15, -0.1) is 0 Å². The lowest BCUT2D eigenvalue weighted by molar-refractivity contribution is 0.0781. The Bertz CT molecular complexity index is 758. The van der Waals surface area contributed by atoms with Gasteiger partial charge >= 0.3 is 0 Å². The first kappa shape index (κ1) is 17.9. The van der Waals surface area contributed by atoms with Gasteiger partial charge in [0.25, 0.3) is 5.91 Å². The van der Waals surface area contributed by atoms with Crippen LogP contribution in [0.25, 0.3) is 0 Å². The summed E-state index contributed by atoms with van der Waals surface area (Å²) in [4.78, 5) is 14.9. The van der Waals surface area contributed by atoms with Crippen molar-refractivity contribution >= 4 is 15.9 Å². The van der Waals surface area contributed by atoms with Crippen molar-refractivity contribution in [3.63, 3.8) is 0 Å². The Morgan fingerprint density at radius 2 is 1.62 bits per heavy atom. The number of hydrogen-bond acceptors (Lipinski definition) is 4. The zero-order valence-electron chi connectivity index (χ0n) is 15.2. The number of hydrogen-bond donors (Lipinski definition) is 1. The van der Waals surface area contributed by atoms with E-state index < -0.39 is 10.0 Å². The Labute approximate surface area is 155 Å². The molecule has 142 valence electrons. The highest BCUT2D eigenvalue weighted by molar-refractivity contribution is 7.89. The van der Waals surface area contributed by atoms with Gasteiger partial charge in [-0.25, -0.2) is 8.42 Å². The molecule has 6 nitrogen and oxygen atoms in total. The van der Waals surface area contributed by atoms with Crippen LogP contribution in [-0.2, 0) is 10.0 Å². The van der Waals surface area contributed by atoms with Crippen LogP contribution in [0, 0.1) is 17.8 Å². The number of carbonyl (C=O) groups is 1. The molecule has 7 heteroatoms. The summed E-state index contributed by atoms with van der Waals surface area (Å²) in [5.74, 6) is 1.70. The lowest BCUT2D eigenvalue weighted by Crippen LogP contribution is -2.37. The second kappa shape index (κ2) is 6.94. The molecule has 3 heterocycles. The van der Waals surface area contributed by atoms with Gasteiger partial charge in [0.05, 0.1) is 4.90 Å². The number of amides is 1. The van der Waals surface area contributed by atoms with Crippen LogP contribution in [-0.4, -0.2) is 62.8 Å². The third kappa shape index (κ3) is 3.28. The monoisotopic (exact) mass is 377 g/mol. The van der Waals surface area contributed by atoms with Crippen LogP contribution in [0.1, 0.15) is 30.1 Å². The number of likely N-dealkylation sites (tertiary alicyclic amines) is 1. The summed E-state index contributed by atoms with van der Waals surface area (Å²) in [7, 11) is -3.46. The van der Waals surface area contributed by atoms with Gasteiger partial charge in [0.2, 0.25) is 10.0 Å². The molecule has 0 aliphatic carbocycles. The molecular weight excluding hydrogens is 350 g/mol. The standard InChI is InChI=1S/C19H27N3O3S/c1-14-6-8-22(9-7-14)26(24,25)18-4-2-15(3-5-18)19(23)21-12-16-10-20-11-17(16)13-21/h2-5,14,16-17,20H,6-13H2,1H3/t16-,17+. The molecule has 1 amide bonds. The summed E-state index contributed by atoms with van der Waals surface area (Å²) in [6, 6.07) is 6.49. The van der Waals surface area contributed by atoms with Crippen LogP contribution in [0.2, 0.25) is 0 Å². The number of nitrogens with one attached hydrogen (secondary N) is 1. The van der Waals surface area contributed by atoms with Crippen LogP contribution in [0.15, 0.2) is 29.2 Å². The number of sulfonamides is 1. The first-order valence-electron chi connectivity index (χ1n) is 9.55. The van der Waals surface area contributed by atoms with E-state index in [9.17, 15) is 13.2 Å². The second-order valence-corrected chi connectivity index (χ2v) is 9.94.